The Hall–Kier alpha value is -1.49. The van der Waals surface area contributed by atoms with Gasteiger partial charge in [0.05, 0.1) is 6.20 Å². The number of hydrogen-bond acceptors (Lipinski definition) is 4. The van der Waals surface area contributed by atoms with Gasteiger partial charge in [-0.15, -0.1) is 0 Å². The van der Waals surface area contributed by atoms with Crippen molar-refractivity contribution in [2.75, 3.05) is 0 Å². The van der Waals surface area contributed by atoms with Crippen LogP contribution in [0.4, 0.5) is 0 Å². The molecule has 1 aromatic rings. The largest absolute Gasteiger partial charge is 0.544 e. The summed E-state index contributed by atoms with van der Waals surface area (Å²) in [5.74, 6) is -1.24. The lowest BCUT2D eigenvalue weighted by atomic mass is 10.2. The molecular formula is C6H7N3O2. The molecule has 0 spiro atoms. The molecule has 11 heavy (non-hydrogen) atoms. The van der Waals surface area contributed by atoms with Crippen molar-refractivity contribution in [2.24, 2.45) is 0 Å². The molecule has 5 heteroatoms. The monoisotopic (exact) mass is 153 g/mol. The average Bonchev–Trinajstić information content (AvgIpc) is 2.05. The fraction of sp³-hybridized carbons (Fsp3) is 0.167. The molecule has 0 aliphatic heterocycles. The van der Waals surface area contributed by atoms with Crippen molar-refractivity contribution in [3.8, 4) is 0 Å². The van der Waals surface area contributed by atoms with E-state index >= 15 is 0 Å². The maximum atomic E-state index is 10.3. The molecule has 58 valence electrons. The van der Waals surface area contributed by atoms with Gasteiger partial charge in [0.2, 0.25) is 0 Å². The maximum Gasteiger partial charge on any atom is 0.169 e. The van der Waals surface area contributed by atoms with Crippen molar-refractivity contribution < 1.29 is 15.6 Å². The first kappa shape index (κ1) is 7.62. The van der Waals surface area contributed by atoms with E-state index in [2.05, 4.69) is 15.7 Å². The predicted octanol–water partition coefficient (Wildman–Crippen LogP) is -2.49. The first-order valence-corrected chi connectivity index (χ1v) is 3.01. The summed E-state index contributed by atoms with van der Waals surface area (Å²) in [6.07, 6.45) is 4.23. The second-order valence-electron chi connectivity index (χ2n) is 2.00. The van der Waals surface area contributed by atoms with Crippen molar-refractivity contribution in [3.05, 3.63) is 24.3 Å². The Labute approximate surface area is 62.9 Å². The zero-order valence-corrected chi connectivity index (χ0v) is 5.73. The van der Waals surface area contributed by atoms with E-state index in [9.17, 15) is 9.90 Å². The molecule has 0 aliphatic rings. The first-order chi connectivity index (χ1) is 5.22. The van der Waals surface area contributed by atoms with Crippen LogP contribution in [-0.2, 0) is 4.79 Å². The van der Waals surface area contributed by atoms with Crippen molar-refractivity contribution in [2.45, 2.75) is 6.04 Å². The molecule has 3 N–H and O–H groups in total. The highest BCUT2D eigenvalue weighted by Gasteiger charge is 2.10. The smallest absolute Gasteiger partial charge is 0.169 e. The highest BCUT2D eigenvalue weighted by molar-refractivity contribution is 5.70. The van der Waals surface area contributed by atoms with Gasteiger partial charge in [-0.2, -0.15) is 0 Å². The third-order valence-electron chi connectivity index (χ3n) is 1.22. The molecule has 1 atom stereocenters. The predicted molar refractivity (Wildman–Crippen MR) is 32.7 cm³/mol. The van der Waals surface area contributed by atoms with E-state index < -0.39 is 12.0 Å². The van der Waals surface area contributed by atoms with Gasteiger partial charge in [-0.05, 0) is 0 Å². The van der Waals surface area contributed by atoms with Gasteiger partial charge >= 0.3 is 0 Å². The number of quaternary nitrogens is 1. The molecular weight excluding hydrogens is 146 g/mol. The van der Waals surface area contributed by atoms with E-state index in [-0.39, 0.29) is 0 Å². The van der Waals surface area contributed by atoms with Crippen molar-refractivity contribution >= 4 is 5.97 Å². The maximum absolute atomic E-state index is 10.3. The third-order valence-corrected chi connectivity index (χ3v) is 1.22. The van der Waals surface area contributed by atoms with Crippen LogP contribution in [0.2, 0.25) is 0 Å². The lowest BCUT2D eigenvalue weighted by molar-refractivity contribution is -0.443. The molecule has 1 rings (SSSR count). The molecule has 0 fully saturated rings. The number of carboxylic acid groups (broad SMARTS) is 1. The van der Waals surface area contributed by atoms with Crippen LogP contribution in [0.3, 0.4) is 0 Å². The zero-order valence-electron chi connectivity index (χ0n) is 5.73. The summed E-state index contributed by atoms with van der Waals surface area (Å²) in [6, 6.07) is -0.941. The minimum absolute atomic E-state index is 0.313. The van der Waals surface area contributed by atoms with Crippen LogP contribution in [0.1, 0.15) is 11.7 Å². The summed E-state index contributed by atoms with van der Waals surface area (Å²) in [6.45, 7) is 0. The van der Waals surface area contributed by atoms with Crippen LogP contribution in [0.15, 0.2) is 18.6 Å². The number of carbonyl (C=O) groups is 1. The van der Waals surface area contributed by atoms with Gasteiger partial charge in [-0.25, -0.2) is 0 Å². The molecule has 0 radical (unpaired) electrons. The number of nitrogens with zero attached hydrogens (tertiary/aromatic N) is 2. The summed E-state index contributed by atoms with van der Waals surface area (Å²) in [5.41, 5.74) is 3.66. The second kappa shape index (κ2) is 3.07. The van der Waals surface area contributed by atoms with Crippen LogP contribution in [-0.4, -0.2) is 15.9 Å². The number of carbonyl (C=O) groups excluding carboxylic acids is 1. The molecule has 0 amide bonds. The number of aromatic nitrogens is 2. The number of carboxylic acids is 1. The van der Waals surface area contributed by atoms with Crippen LogP contribution in [0.25, 0.3) is 0 Å². The Morgan fingerprint density at radius 1 is 1.64 bits per heavy atom. The minimum atomic E-state index is -1.24. The minimum Gasteiger partial charge on any atom is -0.544 e. The highest BCUT2D eigenvalue weighted by atomic mass is 16.4. The van der Waals surface area contributed by atoms with E-state index in [1.54, 1.807) is 0 Å². The van der Waals surface area contributed by atoms with Gasteiger partial charge in [0.15, 0.2) is 6.04 Å². The molecule has 0 bridgehead atoms. The standard InChI is InChI=1S/C6H7N3O2/c7-5(6(10)11)4-3-8-1-2-9-4/h1-3,5H,7H2,(H,10,11)/t5-/m0/s1. The number of hydrogen-bond donors (Lipinski definition) is 1. The van der Waals surface area contributed by atoms with Crippen LogP contribution >= 0.6 is 0 Å². The Bertz CT molecular complexity index is 249. The molecule has 0 aromatic carbocycles. The summed E-state index contributed by atoms with van der Waals surface area (Å²) < 4.78 is 0. The van der Waals surface area contributed by atoms with E-state index in [4.69, 9.17) is 0 Å². The third kappa shape index (κ3) is 1.71. The van der Waals surface area contributed by atoms with E-state index in [0.29, 0.717) is 5.69 Å². The lowest BCUT2D eigenvalue weighted by Crippen LogP contribution is -2.61. The van der Waals surface area contributed by atoms with E-state index in [1.807, 2.05) is 0 Å². The van der Waals surface area contributed by atoms with Crippen molar-refractivity contribution in [1.82, 2.24) is 9.97 Å². The van der Waals surface area contributed by atoms with E-state index in [0.717, 1.165) is 0 Å². The Morgan fingerprint density at radius 2 is 2.36 bits per heavy atom. The van der Waals surface area contributed by atoms with Crippen LogP contribution in [0, 0.1) is 0 Å². The summed E-state index contributed by atoms with van der Waals surface area (Å²) in [4.78, 5) is 17.7. The average molecular weight is 153 g/mol. The first-order valence-electron chi connectivity index (χ1n) is 3.01. The zero-order chi connectivity index (χ0) is 8.27. The molecule has 1 aromatic heterocycles. The Kier molecular flexibility index (Phi) is 2.12. The Morgan fingerprint density at radius 3 is 2.82 bits per heavy atom. The van der Waals surface area contributed by atoms with Crippen LogP contribution < -0.4 is 10.8 Å². The van der Waals surface area contributed by atoms with E-state index in [1.165, 1.54) is 18.6 Å². The lowest BCUT2D eigenvalue weighted by Gasteiger charge is -2.06. The van der Waals surface area contributed by atoms with Gasteiger partial charge in [-0.3, -0.25) is 9.97 Å². The fourth-order valence-corrected chi connectivity index (χ4v) is 0.611. The summed E-state index contributed by atoms with van der Waals surface area (Å²) in [5, 5.41) is 10.3. The second-order valence-corrected chi connectivity index (χ2v) is 2.00. The van der Waals surface area contributed by atoms with Crippen LogP contribution in [0.5, 0.6) is 0 Å². The van der Waals surface area contributed by atoms with Gasteiger partial charge in [-0.1, -0.05) is 0 Å². The molecule has 0 aliphatic carbocycles. The number of rotatable bonds is 2. The van der Waals surface area contributed by atoms with Crippen molar-refractivity contribution in [1.29, 1.82) is 0 Å². The molecule has 0 saturated heterocycles. The topological polar surface area (TPSA) is 93.5 Å². The number of aliphatic carboxylic acids is 1. The Balaban J connectivity index is 2.85. The van der Waals surface area contributed by atoms with Gasteiger partial charge in [0.25, 0.3) is 0 Å². The fourth-order valence-electron chi connectivity index (χ4n) is 0.611. The molecule has 5 nitrogen and oxygen atoms in total. The van der Waals surface area contributed by atoms with Gasteiger partial charge < -0.3 is 15.6 Å². The SMILES string of the molecule is [NH3+][C@H](C(=O)[O-])c1cnccn1. The van der Waals surface area contributed by atoms with Gasteiger partial charge in [0, 0.05) is 12.4 Å². The molecule has 1 heterocycles. The summed E-state index contributed by atoms with van der Waals surface area (Å²) in [7, 11) is 0. The summed E-state index contributed by atoms with van der Waals surface area (Å²) >= 11 is 0. The normalized spacial score (nSPS) is 12.5. The highest BCUT2D eigenvalue weighted by Crippen LogP contribution is 1.99. The molecule has 0 saturated carbocycles. The van der Waals surface area contributed by atoms with Gasteiger partial charge in [0.1, 0.15) is 11.7 Å². The molecule has 0 unspecified atom stereocenters. The quantitative estimate of drug-likeness (QED) is 0.508. The van der Waals surface area contributed by atoms with Crippen molar-refractivity contribution in [3.63, 3.8) is 0 Å².